The predicted molar refractivity (Wildman–Crippen MR) is 73.7 cm³/mol. The molecule has 0 saturated carbocycles. The molecule has 2 atom stereocenters. The summed E-state index contributed by atoms with van der Waals surface area (Å²) in [6.07, 6.45) is -3.50. The van der Waals surface area contributed by atoms with E-state index in [1.165, 1.54) is 12.1 Å². The average molecular weight is 292 g/mol. The van der Waals surface area contributed by atoms with Gasteiger partial charge in [-0.15, -0.1) is 0 Å². The number of fused-ring (bicyclic) bond motifs is 1. The van der Waals surface area contributed by atoms with Gasteiger partial charge in [-0.1, -0.05) is 36.4 Å². The number of aliphatic hydroxyl groups is 1. The van der Waals surface area contributed by atoms with Crippen LogP contribution in [0.5, 0.6) is 0 Å². The van der Waals surface area contributed by atoms with E-state index in [9.17, 15) is 18.3 Å². The highest BCUT2D eigenvalue weighted by Gasteiger charge is 2.32. The Hall–Kier alpha value is -1.81. The molecule has 0 heterocycles. The minimum Gasteiger partial charge on any atom is -0.388 e. The molecule has 0 unspecified atom stereocenters. The van der Waals surface area contributed by atoms with Crippen molar-refractivity contribution in [3.63, 3.8) is 0 Å². The van der Waals surface area contributed by atoms with E-state index in [2.05, 4.69) is 0 Å². The van der Waals surface area contributed by atoms with Gasteiger partial charge in [-0.3, -0.25) is 0 Å². The second-order valence-corrected chi connectivity index (χ2v) is 5.51. The number of hydrogen-bond acceptors (Lipinski definition) is 1. The van der Waals surface area contributed by atoms with Crippen LogP contribution < -0.4 is 0 Å². The molecule has 1 N–H and O–H groups in total. The van der Waals surface area contributed by atoms with Gasteiger partial charge < -0.3 is 5.11 Å². The molecular formula is C17H15F3O. The van der Waals surface area contributed by atoms with E-state index in [1.807, 2.05) is 24.3 Å². The second-order valence-electron chi connectivity index (χ2n) is 5.51. The Kier molecular flexibility index (Phi) is 3.49. The third-order valence-corrected chi connectivity index (χ3v) is 4.08. The highest BCUT2D eigenvalue weighted by Crippen LogP contribution is 2.38. The summed E-state index contributed by atoms with van der Waals surface area (Å²) in [6.45, 7) is 0. The van der Waals surface area contributed by atoms with Gasteiger partial charge in [-0.2, -0.15) is 13.2 Å². The van der Waals surface area contributed by atoms with E-state index in [1.54, 1.807) is 0 Å². The predicted octanol–water partition coefficient (Wildman–Crippen LogP) is 4.15. The van der Waals surface area contributed by atoms with Gasteiger partial charge in [-0.05, 0) is 47.6 Å². The summed E-state index contributed by atoms with van der Waals surface area (Å²) in [7, 11) is 0. The molecule has 2 aromatic carbocycles. The highest BCUT2D eigenvalue weighted by molar-refractivity contribution is 5.35. The maximum atomic E-state index is 12.5. The molecule has 1 aliphatic carbocycles. The first-order valence-electron chi connectivity index (χ1n) is 6.87. The minimum atomic E-state index is -4.30. The third kappa shape index (κ3) is 2.81. The van der Waals surface area contributed by atoms with E-state index >= 15 is 0 Å². The van der Waals surface area contributed by atoms with Gasteiger partial charge in [0.25, 0.3) is 0 Å². The summed E-state index contributed by atoms with van der Waals surface area (Å²) in [5.74, 6) is 0.0270. The number of rotatable bonds is 2. The van der Waals surface area contributed by atoms with Crippen molar-refractivity contribution in [2.45, 2.75) is 25.1 Å². The second kappa shape index (κ2) is 5.19. The lowest BCUT2D eigenvalue weighted by molar-refractivity contribution is -0.137. The zero-order chi connectivity index (χ0) is 15.0. The summed E-state index contributed by atoms with van der Waals surface area (Å²) in [6, 6.07) is 12.9. The van der Waals surface area contributed by atoms with Crippen LogP contribution in [0.3, 0.4) is 0 Å². The first-order chi connectivity index (χ1) is 9.95. The van der Waals surface area contributed by atoms with Crippen LogP contribution in [-0.2, 0) is 19.0 Å². The summed E-state index contributed by atoms with van der Waals surface area (Å²) in [5.41, 5.74) is 2.25. The number of aliphatic hydroxyl groups excluding tert-OH is 1. The zero-order valence-electron chi connectivity index (χ0n) is 11.3. The van der Waals surface area contributed by atoms with Crippen molar-refractivity contribution < 1.29 is 18.3 Å². The fourth-order valence-electron chi connectivity index (χ4n) is 2.97. The van der Waals surface area contributed by atoms with E-state index in [4.69, 9.17) is 0 Å². The molecular weight excluding hydrogens is 277 g/mol. The molecule has 0 saturated heterocycles. The molecule has 0 amide bonds. The Morgan fingerprint density at radius 1 is 1.00 bits per heavy atom. The first kappa shape index (κ1) is 14.1. The van der Waals surface area contributed by atoms with Crippen LogP contribution in [0.25, 0.3) is 0 Å². The van der Waals surface area contributed by atoms with Crippen molar-refractivity contribution in [2.24, 2.45) is 5.92 Å². The minimum absolute atomic E-state index is 0.0270. The Bertz CT molecular complexity index is 631. The number of benzene rings is 2. The largest absolute Gasteiger partial charge is 0.416 e. The van der Waals surface area contributed by atoms with Crippen molar-refractivity contribution in [1.29, 1.82) is 0 Å². The molecule has 0 fully saturated rings. The van der Waals surface area contributed by atoms with Crippen LogP contribution in [0, 0.1) is 5.92 Å². The molecule has 1 aliphatic rings. The molecule has 0 spiro atoms. The van der Waals surface area contributed by atoms with Crippen molar-refractivity contribution in [2.75, 3.05) is 0 Å². The number of alkyl halides is 3. The van der Waals surface area contributed by atoms with Gasteiger partial charge >= 0.3 is 6.18 Å². The SMILES string of the molecule is O[C@@H]1c2ccccc2C[C@H]1Cc1ccc(C(F)(F)F)cc1. The summed E-state index contributed by atoms with van der Waals surface area (Å²) in [5, 5.41) is 10.3. The summed E-state index contributed by atoms with van der Waals surface area (Å²) in [4.78, 5) is 0. The summed E-state index contributed by atoms with van der Waals surface area (Å²) >= 11 is 0. The Morgan fingerprint density at radius 3 is 2.29 bits per heavy atom. The monoisotopic (exact) mass is 292 g/mol. The fourth-order valence-corrected chi connectivity index (χ4v) is 2.97. The van der Waals surface area contributed by atoms with Gasteiger partial charge in [-0.25, -0.2) is 0 Å². The van der Waals surface area contributed by atoms with Crippen LogP contribution in [-0.4, -0.2) is 5.11 Å². The molecule has 0 aliphatic heterocycles. The quantitative estimate of drug-likeness (QED) is 0.881. The van der Waals surface area contributed by atoms with Crippen molar-refractivity contribution in [1.82, 2.24) is 0 Å². The maximum absolute atomic E-state index is 12.5. The van der Waals surface area contributed by atoms with Crippen molar-refractivity contribution in [3.8, 4) is 0 Å². The molecule has 4 heteroatoms. The van der Waals surface area contributed by atoms with Gasteiger partial charge in [0.2, 0.25) is 0 Å². The molecule has 0 radical (unpaired) electrons. The lowest BCUT2D eigenvalue weighted by atomic mass is 9.94. The van der Waals surface area contributed by atoms with E-state index < -0.39 is 17.8 Å². The van der Waals surface area contributed by atoms with E-state index in [0.29, 0.717) is 6.42 Å². The lowest BCUT2D eigenvalue weighted by Gasteiger charge is -2.15. The molecule has 21 heavy (non-hydrogen) atoms. The third-order valence-electron chi connectivity index (χ3n) is 4.08. The Morgan fingerprint density at radius 2 is 1.67 bits per heavy atom. The van der Waals surface area contributed by atoms with Crippen LogP contribution in [0.1, 0.15) is 28.4 Å². The lowest BCUT2D eigenvalue weighted by Crippen LogP contribution is -2.11. The smallest absolute Gasteiger partial charge is 0.388 e. The first-order valence-corrected chi connectivity index (χ1v) is 6.87. The fraction of sp³-hybridized carbons (Fsp3) is 0.294. The standard InChI is InChI=1S/C17H15F3O/c18-17(19,20)14-7-5-11(6-8-14)9-13-10-12-3-1-2-4-15(12)16(13)21/h1-8,13,16,21H,9-10H2/t13-,16+/m1/s1. The van der Waals surface area contributed by atoms with Crippen molar-refractivity contribution >= 4 is 0 Å². The number of hydrogen-bond donors (Lipinski definition) is 1. The molecule has 2 aromatic rings. The Balaban J connectivity index is 1.74. The van der Waals surface area contributed by atoms with E-state index in [0.717, 1.165) is 35.2 Å². The van der Waals surface area contributed by atoms with Crippen LogP contribution in [0.2, 0.25) is 0 Å². The Labute approximate surface area is 121 Å². The molecule has 3 rings (SSSR count). The van der Waals surface area contributed by atoms with Crippen LogP contribution in [0.15, 0.2) is 48.5 Å². The topological polar surface area (TPSA) is 20.2 Å². The van der Waals surface area contributed by atoms with E-state index in [-0.39, 0.29) is 5.92 Å². The zero-order valence-corrected chi connectivity index (χ0v) is 11.3. The van der Waals surface area contributed by atoms with Gasteiger partial charge in [0.1, 0.15) is 0 Å². The van der Waals surface area contributed by atoms with Crippen LogP contribution in [0.4, 0.5) is 13.2 Å². The summed E-state index contributed by atoms with van der Waals surface area (Å²) < 4.78 is 37.6. The molecule has 110 valence electrons. The van der Waals surface area contributed by atoms with Crippen LogP contribution >= 0.6 is 0 Å². The molecule has 0 aromatic heterocycles. The normalized spacial score (nSPS) is 21.3. The molecule has 1 nitrogen and oxygen atoms in total. The highest BCUT2D eigenvalue weighted by atomic mass is 19.4. The van der Waals surface area contributed by atoms with Gasteiger partial charge in [0.05, 0.1) is 11.7 Å². The maximum Gasteiger partial charge on any atom is 0.416 e. The van der Waals surface area contributed by atoms with Gasteiger partial charge in [0.15, 0.2) is 0 Å². The number of halogens is 3. The molecule has 0 bridgehead atoms. The average Bonchev–Trinajstić information content (AvgIpc) is 2.76. The van der Waals surface area contributed by atoms with Gasteiger partial charge in [0, 0.05) is 0 Å². The van der Waals surface area contributed by atoms with Crippen molar-refractivity contribution in [3.05, 3.63) is 70.8 Å².